The summed E-state index contributed by atoms with van der Waals surface area (Å²) >= 11 is 0. The zero-order valence-corrected chi connectivity index (χ0v) is 23.2. The minimum atomic E-state index is -4.61. The summed E-state index contributed by atoms with van der Waals surface area (Å²) in [5.41, 5.74) is 1.38. The molecule has 0 unspecified atom stereocenters. The average Bonchev–Trinajstić information content (AvgIpc) is 2.94. The maximum absolute atomic E-state index is 12.7. The maximum Gasteiger partial charge on any atom is 0.422 e. The number of nitrogens with one attached hydrogen (secondary N) is 4. The van der Waals surface area contributed by atoms with Gasteiger partial charge >= 0.3 is 12.2 Å². The molecule has 3 aliphatic heterocycles. The minimum Gasteiger partial charge on any atom is -0.490 e. The summed E-state index contributed by atoms with van der Waals surface area (Å²) in [5, 5.41) is 8.27. The third-order valence-corrected chi connectivity index (χ3v) is 6.66. The number of alkyl halides is 3. The second kappa shape index (κ2) is 13.8. The van der Waals surface area contributed by atoms with Crippen LogP contribution in [0.25, 0.3) is 0 Å². The Morgan fingerprint density at radius 1 is 0.907 bits per heavy atom. The van der Waals surface area contributed by atoms with E-state index in [1.807, 2.05) is 4.72 Å². The normalized spacial score (nSPS) is 17.0. The Bertz CT molecular complexity index is 1570. The summed E-state index contributed by atoms with van der Waals surface area (Å²) in [7, 11) is -3.92. The molecule has 4 N–H and O–H groups in total. The van der Waals surface area contributed by atoms with Crippen LogP contribution in [-0.4, -0.2) is 66.9 Å². The lowest BCUT2D eigenvalue weighted by molar-refractivity contribution is -0.154. The fraction of sp³-hybridized carbons (Fsp3) is 0.269. The highest BCUT2D eigenvalue weighted by Gasteiger charge is 2.29. The Morgan fingerprint density at radius 2 is 1.63 bits per heavy atom. The van der Waals surface area contributed by atoms with Crippen LogP contribution in [0.15, 0.2) is 60.7 Å². The van der Waals surface area contributed by atoms with E-state index in [2.05, 4.69) is 30.9 Å². The van der Waals surface area contributed by atoms with E-state index in [-0.39, 0.29) is 43.6 Å². The van der Waals surface area contributed by atoms with Crippen LogP contribution >= 0.6 is 0 Å². The van der Waals surface area contributed by atoms with Gasteiger partial charge in [-0.1, -0.05) is 24.3 Å². The van der Waals surface area contributed by atoms with Gasteiger partial charge in [0.2, 0.25) is 27.8 Å². The smallest absolute Gasteiger partial charge is 0.422 e. The molecule has 3 aromatic rings. The lowest BCUT2D eigenvalue weighted by Gasteiger charge is -2.12. The molecular weight excluding hydrogens is 595 g/mol. The number of sulfonamides is 1. The van der Waals surface area contributed by atoms with Crippen molar-refractivity contribution in [1.82, 2.24) is 25.0 Å². The fourth-order valence-corrected chi connectivity index (χ4v) is 4.41. The van der Waals surface area contributed by atoms with Gasteiger partial charge in [0.05, 0.1) is 5.75 Å². The van der Waals surface area contributed by atoms with Crippen LogP contribution in [0.1, 0.15) is 22.3 Å². The summed E-state index contributed by atoms with van der Waals surface area (Å²) in [6.07, 6.45) is -2.06. The lowest BCUT2D eigenvalue weighted by Crippen LogP contribution is -2.35. The van der Waals surface area contributed by atoms with E-state index in [4.69, 9.17) is 9.47 Å². The van der Waals surface area contributed by atoms with E-state index in [0.29, 0.717) is 11.4 Å². The number of carbonyl (C=O) groups is 2. The summed E-state index contributed by atoms with van der Waals surface area (Å²) in [6.45, 7) is -1.47. The Hall–Kier alpha value is -4.93. The number of amides is 2. The third-order valence-electron chi connectivity index (χ3n) is 5.49. The number of carbonyl (C=O) groups excluding carboxylic acids is 2. The largest absolute Gasteiger partial charge is 0.490 e. The number of fused-ring (bicyclic) bond motifs is 2. The van der Waals surface area contributed by atoms with Crippen molar-refractivity contribution in [2.75, 3.05) is 36.1 Å². The standard InChI is InChI=1S/C26H26F3N7O6S/c27-26(28,29)16-42-25-34-23-31-15-17-3-9-20(10-4-17)41-13-1-2-14-43(39,40)36-21(37)11-12-30-22(38)18-5-7-19(8-6-18)32-24(33-23)35-25/h1-10H,11-16H2,(H,30,38)(H,36,37)(H2,31,32,33,34,35)/b2-1-. The monoisotopic (exact) mass is 621 g/mol. The van der Waals surface area contributed by atoms with Gasteiger partial charge in [0, 0.05) is 30.8 Å². The zero-order chi connectivity index (χ0) is 30.9. The number of rotatable bonds is 2. The van der Waals surface area contributed by atoms with E-state index in [0.717, 1.165) is 5.56 Å². The van der Waals surface area contributed by atoms with Crippen molar-refractivity contribution in [3.8, 4) is 11.8 Å². The van der Waals surface area contributed by atoms with Gasteiger partial charge in [-0.25, -0.2) is 8.42 Å². The van der Waals surface area contributed by atoms with Crippen molar-refractivity contribution < 1.29 is 40.7 Å². The van der Waals surface area contributed by atoms with Gasteiger partial charge in [-0.2, -0.15) is 28.1 Å². The Morgan fingerprint density at radius 3 is 2.35 bits per heavy atom. The molecule has 0 radical (unpaired) electrons. The van der Waals surface area contributed by atoms with Gasteiger partial charge in [-0.3, -0.25) is 14.3 Å². The molecule has 3 aliphatic rings. The first kappa shape index (κ1) is 31.0. The average molecular weight is 622 g/mol. The summed E-state index contributed by atoms with van der Waals surface area (Å²) in [4.78, 5) is 36.5. The number of ether oxygens (including phenoxy) is 2. The van der Waals surface area contributed by atoms with Gasteiger partial charge in [0.15, 0.2) is 6.61 Å². The number of aromatic nitrogens is 3. The van der Waals surface area contributed by atoms with Crippen LogP contribution in [0.4, 0.5) is 30.8 Å². The molecule has 1 aromatic heterocycles. The molecular formula is C26H26F3N7O6S. The topological polar surface area (TPSA) is 174 Å². The van der Waals surface area contributed by atoms with E-state index >= 15 is 0 Å². The predicted octanol–water partition coefficient (Wildman–Crippen LogP) is 2.68. The molecule has 6 bridgehead atoms. The van der Waals surface area contributed by atoms with E-state index < -0.39 is 46.4 Å². The quantitative estimate of drug-likeness (QED) is 0.310. The molecule has 0 aliphatic carbocycles. The van der Waals surface area contributed by atoms with Crippen molar-refractivity contribution >= 4 is 39.4 Å². The second-order valence-corrected chi connectivity index (χ2v) is 10.7. The molecule has 0 saturated heterocycles. The molecule has 13 nitrogen and oxygen atoms in total. The first-order valence-corrected chi connectivity index (χ1v) is 14.3. The molecule has 228 valence electrons. The molecule has 17 heteroatoms. The van der Waals surface area contributed by atoms with Crippen LogP contribution in [0, 0.1) is 0 Å². The molecule has 2 aromatic carbocycles. The fourth-order valence-electron chi connectivity index (χ4n) is 3.49. The van der Waals surface area contributed by atoms with E-state index in [1.165, 1.54) is 36.4 Å². The number of hydrogen-bond acceptors (Lipinski definition) is 11. The first-order chi connectivity index (χ1) is 20.4. The van der Waals surface area contributed by atoms with Gasteiger partial charge in [0.1, 0.15) is 12.4 Å². The van der Waals surface area contributed by atoms with Crippen molar-refractivity contribution in [2.45, 2.75) is 19.1 Å². The number of anilines is 3. The van der Waals surface area contributed by atoms with Crippen molar-refractivity contribution in [1.29, 1.82) is 0 Å². The number of benzene rings is 2. The molecule has 4 heterocycles. The Kier molecular flexibility index (Phi) is 9.97. The number of halogens is 3. The Balaban J connectivity index is 1.55. The zero-order valence-electron chi connectivity index (χ0n) is 22.3. The van der Waals surface area contributed by atoms with Crippen LogP contribution in [-0.2, 0) is 21.4 Å². The molecule has 6 rings (SSSR count). The highest BCUT2D eigenvalue weighted by molar-refractivity contribution is 7.90. The third kappa shape index (κ3) is 10.4. The van der Waals surface area contributed by atoms with E-state index in [9.17, 15) is 31.2 Å². The van der Waals surface area contributed by atoms with Gasteiger partial charge in [-0.05, 0) is 42.0 Å². The highest BCUT2D eigenvalue weighted by atomic mass is 32.2. The molecule has 0 fully saturated rings. The van der Waals surface area contributed by atoms with E-state index in [1.54, 1.807) is 24.3 Å². The van der Waals surface area contributed by atoms with Gasteiger partial charge in [0.25, 0.3) is 5.91 Å². The minimum absolute atomic E-state index is 0.0587. The molecule has 2 amide bonds. The molecule has 43 heavy (non-hydrogen) atoms. The number of hydrogen-bond donors (Lipinski definition) is 4. The van der Waals surface area contributed by atoms with Crippen molar-refractivity contribution in [2.24, 2.45) is 0 Å². The SMILES string of the molecule is O=C1CCNC(=O)c2ccc(cc2)Nc2nc(nc(OCC(F)(F)F)n2)NCc2ccc(cc2)OC/C=C\CS(=O)(=O)N1. The van der Waals surface area contributed by atoms with Crippen LogP contribution in [0.3, 0.4) is 0 Å². The van der Waals surface area contributed by atoms with Gasteiger partial charge in [-0.15, -0.1) is 0 Å². The van der Waals surface area contributed by atoms with Crippen molar-refractivity contribution in [3.05, 3.63) is 71.8 Å². The lowest BCUT2D eigenvalue weighted by atomic mass is 10.2. The van der Waals surface area contributed by atoms with Gasteiger partial charge < -0.3 is 25.4 Å². The van der Waals surface area contributed by atoms with Crippen LogP contribution in [0.2, 0.25) is 0 Å². The van der Waals surface area contributed by atoms with Crippen molar-refractivity contribution in [3.63, 3.8) is 0 Å². The number of nitrogens with zero attached hydrogens (tertiary/aromatic N) is 3. The summed E-state index contributed by atoms with van der Waals surface area (Å²) in [6, 6.07) is 12.2. The Labute approximate surface area is 244 Å². The predicted molar refractivity (Wildman–Crippen MR) is 148 cm³/mol. The molecule has 0 saturated carbocycles. The second-order valence-electron chi connectivity index (χ2n) is 8.96. The van der Waals surface area contributed by atoms with Crippen LogP contribution < -0.4 is 30.1 Å². The summed E-state index contributed by atoms with van der Waals surface area (Å²) in [5.74, 6) is -1.43. The maximum atomic E-state index is 12.7. The highest BCUT2D eigenvalue weighted by Crippen LogP contribution is 2.21. The molecule has 0 atom stereocenters. The first-order valence-electron chi connectivity index (χ1n) is 12.7. The molecule has 0 spiro atoms. The summed E-state index contributed by atoms with van der Waals surface area (Å²) < 4.78 is 74.7. The van der Waals surface area contributed by atoms with Crippen LogP contribution in [0.5, 0.6) is 11.8 Å².